The number of hydrogen-bond donors (Lipinski definition) is 0. The summed E-state index contributed by atoms with van der Waals surface area (Å²) in [5.41, 5.74) is 13.7. The minimum absolute atomic E-state index is 0.927. The lowest BCUT2D eigenvalue weighted by Crippen LogP contribution is -1.84. The first-order valence-electron chi connectivity index (χ1n) is 13.4. The molecule has 8 aromatic rings. The molecule has 1 aliphatic rings. The van der Waals surface area contributed by atoms with Crippen LogP contribution in [-0.4, -0.2) is 0 Å². The molecular formula is C37H22O2. The van der Waals surface area contributed by atoms with Gasteiger partial charge in [0.05, 0.1) is 0 Å². The monoisotopic (exact) mass is 498 g/mol. The summed E-state index contributed by atoms with van der Waals surface area (Å²) >= 11 is 0. The zero-order chi connectivity index (χ0) is 25.5. The Balaban J connectivity index is 1.21. The fraction of sp³-hybridized carbons (Fsp3) is 0.0270. The Kier molecular flexibility index (Phi) is 4.14. The van der Waals surface area contributed by atoms with Crippen LogP contribution < -0.4 is 0 Å². The van der Waals surface area contributed by atoms with Crippen molar-refractivity contribution in [2.24, 2.45) is 0 Å². The summed E-state index contributed by atoms with van der Waals surface area (Å²) < 4.78 is 12.7. The van der Waals surface area contributed by atoms with Gasteiger partial charge in [-0.1, -0.05) is 97.1 Å². The van der Waals surface area contributed by atoms with Crippen LogP contribution in [0.5, 0.6) is 0 Å². The Morgan fingerprint density at radius 3 is 1.36 bits per heavy atom. The van der Waals surface area contributed by atoms with Crippen LogP contribution in [-0.2, 0) is 6.42 Å². The standard InChI is InChI=1S/C37H22O2/c1-3-13-34-28(7-1)30-11-5-9-26(36(30)38-34)24-17-15-22-19-23-16-18-25(21-33(23)32(22)20-24)27-10-6-12-31-29-8-2-4-14-35(29)39-37(27)31/h1-18,20-21H,19H2. The van der Waals surface area contributed by atoms with Crippen molar-refractivity contribution < 1.29 is 8.83 Å². The molecule has 6 aromatic carbocycles. The van der Waals surface area contributed by atoms with E-state index < -0.39 is 0 Å². The van der Waals surface area contributed by atoms with E-state index in [0.717, 1.165) is 61.4 Å². The Bertz CT molecular complexity index is 2100. The number of furan rings is 2. The molecule has 0 bridgehead atoms. The zero-order valence-corrected chi connectivity index (χ0v) is 21.1. The second-order valence-electron chi connectivity index (χ2n) is 10.5. The number of rotatable bonds is 2. The van der Waals surface area contributed by atoms with Gasteiger partial charge in [-0.2, -0.15) is 0 Å². The molecule has 2 aromatic heterocycles. The van der Waals surface area contributed by atoms with E-state index in [1.807, 2.05) is 24.3 Å². The van der Waals surface area contributed by atoms with E-state index >= 15 is 0 Å². The first-order chi connectivity index (χ1) is 19.3. The molecule has 9 rings (SSSR count). The van der Waals surface area contributed by atoms with Gasteiger partial charge in [0.2, 0.25) is 0 Å². The first-order valence-corrected chi connectivity index (χ1v) is 13.4. The molecule has 0 aliphatic heterocycles. The summed E-state index contributed by atoms with van der Waals surface area (Å²) in [6.07, 6.45) is 0.953. The van der Waals surface area contributed by atoms with Crippen molar-refractivity contribution in [2.45, 2.75) is 6.42 Å². The lowest BCUT2D eigenvalue weighted by Gasteiger charge is -2.09. The van der Waals surface area contributed by atoms with E-state index in [0.29, 0.717) is 0 Å². The van der Waals surface area contributed by atoms with Gasteiger partial charge in [-0.15, -0.1) is 0 Å². The number of fused-ring (bicyclic) bond motifs is 9. The molecule has 182 valence electrons. The Morgan fingerprint density at radius 2 is 0.846 bits per heavy atom. The molecule has 0 spiro atoms. The van der Waals surface area contributed by atoms with Crippen molar-refractivity contribution in [1.82, 2.24) is 0 Å². The summed E-state index contributed by atoms with van der Waals surface area (Å²) in [5.74, 6) is 0. The van der Waals surface area contributed by atoms with E-state index in [-0.39, 0.29) is 0 Å². The summed E-state index contributed by atoms with van der Waals surface area (Å²) in [6, 6.07) is 43.2. The summed E-state index contributed by atoms with van der Waals surface area (Å²) in [4.78, 5) is 0. The van der Waals surface area contributed by atoms with Crippen molar-refractivity contribution in [2.75, 3.05) is 0 Å². The van der Waals surface area contributed by atoms with Gasteiger partial charge in [0.25, 0.3) is 0 Å². The SMILES string of the molecule is c1ccc2c(c1)oc1c(-c3ccc4c(c3)-c3cc(-c5cccc6c5oc5ccccc56)ccc3C4)cccc12. The molecule has 0 N–H and O–H groups in total. The Morgan fingerprint density at radius 1 is 0.385 bits per heavy atom. The minimum atomic E-state index is 0.927. The average Bonchev–Trinajstić information content (AvgIpc) is 3.67. The molecule has 0 amide bonds. The first kappa shape index (κ1) is 20.9. The predicted octanol–water partition coefficient (Wildman–Crippen LogP) is 10.4. The lowest BCUT2D eigenvalue weighted by atomic mass is 9.95. The highest BCUT2D eigenvalue weighted by atomic mass is 16.3. The van der Waals surface area contributed by atoms with Gasteiger partial charge in [0.15, 0.2) is 0 Å². The van der Waals surface area contributed by atoms with Crippen molar-refractivity contribution in [1.29, 1.82) is 0 Å². The molecule has 0 fully saturated rings. The van der Waals surface area contributed by atoms with Crippen molar-refractivity contribution in [3.8, 4) is 33.4 Å². The molecule has 2 heterocycles. The van der Waals surface area contributed by atoms with Gasteiger partial charge in [-0.05, 0) is 64.1 Å². The van der Waals surface area contributed by atoms with Crippen LogP contribution in [0.1, 0.15) is 11.1 Å². The second kappa shape index (κ2) is 7.72. The van der Waals surface area contributed by atoms with Gasteiger partial charge < -0.3 is 8.83 Å². The second-order valence-corrected chi connectivity index (χ2v) is 10.5. The van der Waals surface area contributed by atoms with Crippen LogP contribution in [0.2, 0.25) is 0 Å². The van der Waals surface area contributed by atoms with E-state index in [4.69, 9.17) is 8.83 Å². The molecular weight excluding hydrogens is 476 g/mol. The van der Waals surface area contributed by atoms with E-state index in [1.165, 1.54) is 33.4 Å². The highest BCUT2D eigenvalue weighted by Crippen LogP contribution is 2.44. The molecule has 2 nitrogen and oxygen atoms in total. The van der Waals surface area contributed by atoms with Gasteiger partial charge in [-0.25, -0.2) is 0 Å². The van der Waals surface area contributed by atoms with Crippen LogP contribution in [0.4, 0.5) is 0 Å². The summed E-state index contributed by atoms with van der Waals surface area (Å²) in [7, 11) is 0. The lowest BCUT2D eigenvalue weighted by molar-refractivity contribution is 0.669. The molecule has 0 atom stereocenters. The third kappa shape index (κ3) is 2.97. The third-order valence-electron chi connectivity index (χ3n) is 8.32. The Hall–Kier alpha value is -5.08. The molecule has 0 saturated heterocycles. The highest BCUT2D eigenvalue weighted by Gasteiger charge is 2.22. The van der Waals surface area contributed by atoms with E-state index in [1.54, 1.807) is 0 Å². The molecule has 39 heavy (non-hydrogen) atoms. The molecule has 0 radical (unpaired) electrons. The topological polar surface area (TPSA) is 26.3 Å². The smallest absolute Gasteiger partial charge is 0.143 e. The van der Waals surface area contributed by atoms with E-state index in [9.17, 15) is 0 Å². The van der Waals surface area contributed by atoms with Crippen molar-refractivity contribution in [3.05, 3.63) is 132 Å². The molecule has 1 aliphatic carbocycles. The van der Waals surface area contributed by atoms with E-state index in [2.05, 4.69) is 97.1 Å². The van der Waals surface area contributed by atoms with Crippen LogP contribution >= 0.6 is 0 Å². The van der Waals surface area contributed by atoms with Gasteiger partial charge in [0, 0.05) is 32.7 Å². The van der Waals surface area contributed by atoms with Crippen LogP contribution in [0.25, 0.3) is 77.3 Å². The Labute approximate surface area is 224 Å². The van der Waals surface area contributed by atoms with Gasteiger partial charge in [0.1, 0.15) is 22.3 Å². The average molecular weight is 499 g/mol. The van der Waals surface area contributed by atoms with Crippen molar-refractivity contribution in [3.63, 3.8) is 0 Å². The maximum atomic E-state index is 6.36. The number of benzene rings is 6. The van der Waals surface area contributed by atoms with Gasteiger partial charge in [-0.3, -0.25) is 0 Å². The quantitative estimate of drug-likeness (QED) is 0.237. The van der Waals surface area contributed by atoms with Crippen LogP contribution in [0.15, 0.2) is 130 Å². The minimum Gasteiger partial charge on any atom is -0.455 e. The van der Waals surface area contributed by atoms with Gasteiger partial charge >= 0.3 is 0 Å². The number of hydrogen-bond acceptors (Lipinski definition) is 2. The van der Waals surface area contributed by atoms with Crippen molar-refractivity contribution >= 4 is 43.9 Å². The molecule has 0 unspecified atom stereocenters. The van der Waals surface area contributed by atoms with Crippen LogP contribution in [0.3, 0.4) is 0 Å². The fourth-order valence-electron chi connectivity index (χ4n) is 6.45. The largest absolute Gasteiger partial charge is 0.455 e. The summed E-state index contributed by atoms with van der Waals surface area (Å²) in [5, 5.41) is 4.63. The zero-order valence-electron chi connectivity index (χ0n) is 21.1. The molecule has 0 saturated carbocycles. The highest BCUT2D eigenvalue weighted by molar-refractivity contribution is 6.11. The predicted molar refractivity (Wildman–Crippen MR) is 160 cm³/mol. The fourth-order valence-corrected chi connectivity index (χ4v) is 6.45. The maximum absolute atomic E-state index is 6.36. The normalized spacial score (nSPS) is 12.5. The summed E-state index contributed by atoms with van der Waals surface area (Å²) in [6.45, 7) is 0. The number of para-hydroxylation sites is 4. The molecule has 2 heteroatoms. The van der Waals surface area contributed by atoms with Crippen LogP contribution in [0, 0.1) is 0 Å². The maximum Gasteiger partial charge on any atom is 0.143 e. The third-order valence-corrected chi connectivity index (χ3v) is 8.32.